The molecule has 1 aliphatic carbocycles. The van der Waals surface area contributed by atoms with E-state index < -0.39 is 0 Å². The second-order valence-corrected chi connectivity index (χ2v) is 13.9. The van der Waals surface area contributed by atoms with Gasteiger partial charge in [-0.15, -0.1) is 0 Å². The normalized spacial score (nSPS) is 13.3. The highest BCUT2D eigenvalue weighted by Crippen LogP contribution is 2.51. The summed E-state index contributed by atoms with van der Waals surface area (Å²) in [5.41, 5.74) is 12.3. The number of anilines is 3. The Morgan fingerprint density at radius 3 is 1.45 bits per heavy atom. The quantitative estimate of drug-likeness (QED) is 0.189. The van der Waals surface area contributed by atoms with Crippen molar-refractivity contribution >= 4 is 60.4 Å². The van der Waals surface area contributed by atoms with Crippen molar-refractivity contribution in [3.8, 4) is 16.8 Å². The fraction of sp³-hybridized carbons (Fsp3) is 0.0638. The molecule has 0 atom stereocenters. The molecule has 0 spiro atoms. The molecule has 9 aromatic rings. The molecular formula is C47H34N2. The second kappa shape index (κ2) is 10.4. The Morgan fingerprint density at radius 1 is 0.408 bits per heavy atom. The first-order chi connectivity index (χ1) is 24.0. The Morgan fingerprint density at radius 2 is 0.857 bits per heavy atom. The summed E-state index contributed by atoms with van der Waals surface area (Å²) in [6.45, 7) is 4.76. The Labute approximate surface area is 286 Å². The molecule has 1 aromatic heterocycles. The smallest absolute Gasteiger partial charge is 0.0541 e. The summed E-state index contributed by atoms with van der Waals surface area (Å²) in [6.07, 6.45) is 0. The van der Waals surface area contributed by atoms with Crippen LogP contribution in [-0.4, -0.2) is 4.57 Å². The van der Waals surface area contributed by atoms with Crippen molar-refractivity contribution in [2.24, 2.45) is 0 Å². The van der Waals surface area contributed by atoms with Crippen LogP contribution in [0.1, 0.15) is 25.0 Å². The Balaban J connectivity index is 1.13. The Bertz CT molecular complexity index is 2630. The lowest BCUT2D eigenvalue weighted by Crippen LogP contribution is -2.17. The van der Waals surface area contributed by atoms with Crippen LogP contribution in [0.2, 0.25) is 0 Å². The second-order valence-electron chi connectivity index (χ2n) is 13.9. The third kappa shape index (κ3) is 4.20. The van der Waals surface area contributed by atoms with Gasteiger partial charge in [0.05, 0.1) is 11.0 Å². The van der Waals surface area contributed by atoms with Crippen LogP contribution in [0.5, 0.6) is 0 Å². The van der Waals surface area contributed by atoms with Crippen molar-refractivity contribution in [1.82, 2.24) is 4.57 Å². The molecule has 0 bridgehead atoms. The number of hydrogen-bond acceptors (Lipinski definition) is 1. The SMILES string of the molecule is CC1(C)c2cc(N(c3ccc4ccccc4c3)c3ccc4ccccc4c3)ccc2-c2ccc(-n3c4ccccc4c4ccccc43)cc21. The molecule has 2 heteroatoms. The number of rotatable bonds is 4. The molecule has 10 rings (SSSR count). The zero-order chi connectivity index (χ0) is 32.7. The van der Waals surface area contributed by atoms with Crippen LogP contribution < -0.4 is 4.90 Å². The highest BCUT2D eigenvalue weighted by Gasteiger charge is 2.36. The predicted molar refractivity (Wildman–Crippen MR) is 208 cm³/mol. The molecule has 0 unspecified atom stereocenters. The van der Waals surface area contributed by atoms with Crippen molar-refractivity contribution in [2.75, 3.05) is 4.90 Å². The maximum atomic E-state index is 2.43. The zero-order valence-corrected chi connectivity index (χ0v) is 27.6. The molecule has 0 amide bonds. The number of hydrogen-bond donors (Lipinski definition) is 0. The molecule has 0 aliphatic heterocycles. The van der Waals surface area contributed by atoms with Gasteiger partial charge in [0, 0.05) is 38.9 Å². The van der Waals surface area contributed by atoms with Crippen LogP contribution in [0, 0.1) is 0 Å². The van der Waals surface area contributed by atoms with Crippen molar-refractivity contribution in [1.29, 1.82) is 0 Å². The number of nitrogens with zero attached hydrogens (tertiary/aromatic N) is 2. The van der Waals surface area contributed by atoms with Gasteiger partial charge in [0.2, 0.25) is 0 Å². The van der Waals surface area contributed by atoms with E-state index in [-0.39, 0.29) is 5.41 Å². The molecule has 0 fully saturated rings. The maximum absolute atomic E-state index is 2.43. The van der Waals surface area contributed by atoms with E-state index in [1.165, 1.54) is 71.3 Å². The van der Waals surface area contributed by atoms with E-state index in [1.807, 2.05) is 0 Å². The van der Waals surface area contributed by atoms with Crippen LogP contribution in [0.15, 0.2) is 170 Å². The van der Waals surface area contributed by atoms with Crippen molar-refractivity contribution in [2.45, 2.75) is 19.3 Å². The van der Waals surface area contributed by atoms with Crippen molar-refractivity contribution < 1.29 is 0 Å². The lowest BCUT2D eigenvalue weighted by molar-refractivity contribution is 0.660. The Kier molecular flexibility index (Phi) is 5.95. The van der Waals surface area contributed by atoms with E-state index >= 15 is 0 Å². The summed E-state index contributed by atoms with van der Waals surface area (Å²) >= 11 is 0. The minimum atomic E-state index is -0.187. The molecule has 232 valence electrons. The third-order valence-corrected chi connectivity index (χ3v) is 10.7. The molecule has 0 saturated carbocycles. The first-order valence-electron chi connectivity index (χ1n) is 17.1. The first kappa shape index (κ1) is 27.9. The minimum Gasteiger partial charge on any atom is -0.310 e. The van der Waals surface area contributed by atoms with E-state index in [9.17, 15) is 0 Å². The highest BCUT2D eigenvalue weighted by molar-refractivity contribution is 6.09. The number of para-hydroxylation sites is 2. The average Bonchev–Trinajstić information content (AvgIpc) is 3.60. The van der Waals surface area contributed by atoms with Gasteiger partial charge in [-0.1, -0.05) is 123 Å². The molecule has 0 radical (unpaired) electrons. The minimum absolute atomic E-state index is 0.187. The standard InChI is InChI=1S/C47H34N2/c1-47(2)43-29-37(48(35-21-19-31-11-3-5-13-33(31)27-35)36-22-20-32-12-4-6-14-34(32)28-36)23-25-39(43)40-26-24-38(30-44(40)47)49-45-17-9-7-15-41(45)42-16-8-10-18-46(42)49/h3-30H,1-2H3. The summed E-state index contributed by atoms with van der Waals surface area (Å²) in [5, 5.41) is 7.53. The fourth-order valence-corrected chi connectivity index (χ4v) is 8.27. The van der Waals surface area contributed by atoms with Gasteiger partial charge < -0.3 is 9.47 Å². The highest BCUT2D eigenvalue weighted by atomic mass is 15.1. The Hall–Kier alpha value is -6.12. The predicted octanol–water partition coefficient (Wildman–Crippen LogP) is 12.9. The van der Waals surface area contributed by atoms with Gasteiger partial charge in [0.15, 0.2) is 0 Å². The summed E-state index contributed by atoms with van der Waals surface area (Å²) in [6, 6.07) is 62.5. The fourth-order valence-electron chi connectivity index (χ4n) is 8.27. The average molecular weight is 627 g/mol. The number of fused-ring (bicyclic) bond motifs is 8. The summed E-state index contributed by atoms with van der Waals surface area (Å²) in [7, 11) is 0. The molecule has 0 N–H and O–H groups in total. The number of benzene rings is 8. The van der Waals surface area contributed by atoms with Crippen LogP contribution in [0.4, 0.5) is 17.1 Å². The van der Waals surface area contributed by atoms with Gasteiger partial charge in [-0.25, -0.2) is 0 Å². The largest absolute Gasteiger partial charge is 0.310 e. The lowest BCUT2D eigenvalue weighted by Gasteiger charge is -2.28. The molecule has 1 heterocycles. The summed E-state index contributed by atoms with van der Waals surface area (Å²) in [5.74, 6) is 0. The molecule has 8 aromatic carbocycles. The van der Waals surface area contributed by atoms with E-state index in [2.05, 4.69) is 193 Å². The van der Waals surface area contributed by atoms with Crippen LogP contribution in [-0.2, 0) is 5.41 Å². The molecule has 0 saturated heterocycles. The monoisotopic (exact) mass is 626 g/mol. The maximum Gasteiger partial charge on any atom is 0.0541 e. The molecule has 49 heavy (non-hydrogen) atoms. The number of aromatic nitrogens is 1. The molecule has 1 aliphatic rings. The van der Waals surface area contributed by atoms with Gasteiger partial charge in [0.25, 0.3) is 0 Å². The van der Waals surface area contributed by atoms with E-state index in [4.69, 9.17) is 0 Å². The van der Waals surface area contributed by atoms with Crippen LogP contribution >= 0.6 is 0 Å². The van der Waals surface area contributed by atoms with Gasteiger partial charge in [-0.3, -0.25) is 0 Å². The first-order valence-corrected chi connectivity index (χ1v) is 17.1. The summed E-state index contributed by atoms with van der Waals surface area (Å²) < 4.78 is 2.43. The zero-order valence-electron chi connectivity index (χ0n) is 27.6. The van der Waals surface area contributed by atoms with Crippen LogP contribution in [0.25, 0.3) is 60.2 Å². The topological polar surface area (TPSA) is 8.17 Å². The van der Waals surface area contributed by atoms with Crippen molar-refractivity contribution in [3.63, 3.8) is 0 Å². The summed E-state index contributed by atoms with van der Waals surface area (Å²) in [4.78, 5) is 2.42. The van der Waals surface area contributed by atoms with Gasteiger partial charge in [-0.05, 0) is 104 Å². The van der Waals surface area contributed by atoms with E-state index in [0.29, 0.717) is 0 Å². The molecule has 2 nitrogen and oxygen atoms in total. The van der Waals surface area contributed by atoms with Crippen LogP contribution in [0.3, 0.4) is 0 Å². The van der Waals surface area contributed by atoms with E-state index in [1.54, 1.807) is 0 Å². The van der Waals surface area contributed by atoms with Gasteiger partial charge >= 0.3 is 0 Å². The molecular weight excluding hydrogens is 593 g/mol. The lowest BCUT2D eigenvalue weighted by atomic mass is 9.82. The van der Waals surface area contributed by atoms with E-state index in [0.717, 1.165) is 17.1 Å². The van der Waals surface area contributed by atoms with Gasteiger partial charge in [-0.2, -0.15) is 0 Å². The van der Waals surface area contributed by atoms with Gasteiger partial charge in [0.1, 0.15) is 0 Å². The van der Waals surface area contributed by atoms with Crippen molar-refractivity contribution in [3.05, 3.63) is 181 Å². The third-order valence-electron chi connectivity index (χ3n) is 10.7.